The van der Waals surface area contributed by atoms with Crippen LogP contribution in [0.3, 0.4) is 0 Å². The van der Waals surface area contributed by atoms with Crippen LogP contribution in [0.2, 0.25) is 0 Å². The highest BCUT2D eigenvalue weighted by atomic mass is 19.1. The molecule has 0 amide bonds. The molecule has 3 nitrogen and oxygen atoms in total. The SMILES string of the molecule is CCNB(F)N(C)CCCO. The van der Waals surface area contributed by atoms with E-state index < -0.39 is 7.26 Å². The van der Waals surface area contributed by atoms with E-state index in [1.165, 1.54) is 4.81 Å². The van der Waals surface area contributed by atoms with Gasteiger partial charge >= 0.3 is 7.26 Å². The number of halogens is 1. The maximum Gasteiger partial charge on any atom is 0.517 e. The molecule has 5 heteroatoms. The molecule has 0 saturated carbocycles. The Labute approximate surface area is 67.8 Å². The van der Waals surface area contributed by atoms with E-state index in [1.54, 1.807) is 7.05 Å². The molecule has 0 radical (unpaired) electrons. The van der Waals surface area contributed by atoms with Gasteiger partial charge in [-0.2, -0.15) is 0 Å². The Kier molecular flexibility index (Phi) is 6.50. The van der Waals surface area contributed by atoms with Crippen LogP contribution in [-0.2, 0) is 0 Å². The second kappa shape index (κ2) is 6.58. The molecular formula is C6H16BFN2O. The van der Waals surface area contributed by atoms with Crippen molar-refractivity contribution in [3.05, 3.63) is 0 Å². The molecule has 0 rings (SSSR count). The van der Waals surface area contributed by atoms with Gasteiger partial charge in [0.15, 0.2) is 0 Å². The average Bonchev–Trinajstić information content (AvgIpc) is 2.00. The van der Waals surface area contributed by atoms with Crippen LogP contribution in [0.25, 0.3) is 0 Å². The van der Waals surface area contributed by atoms with Gasteiger partial charge in [0.05, 0.1) is 0 Å². The van der Waals surface area contributed by atoms with Gasteiger partial charge in [0, 0.05) is 6.61 Å². The number of aliphatic hydroxyl groups excluding tert-OH is 1. The van der Waals surface area contributed by atoms with E-state index in [1.807, 2.05) is 6.92 Å². The first-order valence-electron chi connectivity index (χ1n) is 3.91. The van der Waals surface area contributed by atoms with E-state index >= 15 is 0 Å². The fourth-order valence-electron chi connectivity index (χ4n) is 0.758. The minimum atomic E-state index is -1.09. The van der Waals surface area contributed by atoms with E-state index in [0.29, 0.717) is 19.5 Å². The first-order chi connectivity index (χ1) is 5.22. The lowest BCUT2D eigenvalue weighted by Crippen LogP contribution is -2.45. The molecule has 0 heterocycles. The molecule has 0 unspecified atom stereocenters. The molecule has 0 aromatic rings. The summed E-state index contributed by atoms with van der Waals surface area (Å²) >= 11 is 0. The van der Waals surface area contributed by atoms with E-state index in [4.69, 9.17) is 5.11 Å². The summed E-state index contributed by atoms with van der Waals surface area (Å²) in [5.41, 5.74) is 0. The van der Waals surface area contributed by atoms with Crippen LogP contribution in [0.5, 0.6) is 0 Å². The van der Waals surface area contributed by atoms with Gasteiger partial charge in [-0.15, -0.1) is 0 Å². The van der Waals surface area contributed by atoms with Gasteiger partial charge in [0.2, 0.25) is 0 Å². The van der Waals surface area contributed by atoms with Crippen LogP contribution >= 0.6 is 0 Å². The Morgan fingerprint density at radius 2 is 2.27 bits per heavy atom. The third-order valence-electron chi connectivity index (χ3n) is 1.43. The van der Waals surface area contributed by atoms with Gasteiger partial charge in [0.1, 0.15) is 0 Å². The van der Waals surface area contributed by atoms with Crippen LogP contribution in [0.1, 0.15) is 13.3 Å². The normalized spacial score (nSPS) is 10.6. The van der Waals surface area contributed by atoms with Crippen molar-refractivity contribution in [1.29, 1.82) is 0 Å². The van der Waals surface area contributed by atoms with Crippen LogP contribution < -0.4 is 5.23 Å². The highest BCUT2D eigenvalue weighted by molar-refractivity contribution is 6.44. The van der Waals surface area contributed by atoms with Crippen molar-refractivity contribution in [1.82, 2.24) is 10.0 Å². The van der Waals surface area contributed by atoms with Gasteiger partial charge in [-0.3, -0.25) is 4.32 Å². The lowest BCUT2D eigenvalue weighted by molar-refractivity contribution is 0.272. The fraction of sp³-hybridized carbons (Fsp3) is 1.00. The van der Waals surface area contributed by atoms with Gasteiger partial charge in [-0.25, -0.2) is 0 Å². The van der Waals surface area contributed by atoms with Crippen molar-refractivity contribution >= 4 is 7.26 Å². The maximum atomic E-state index is 12.9. The topological polar surface area (TPSA) is 35.5 Å². The molecule has 11 heavy (non-hydrogen) atoms. The number of nitrogens with one attached hydrogen (secondary N) is 1. The van der Waals surface area contributed by atoms with Crippen LogP contribution in [-0.4, -0.2) is 43.9 Å². The van der Waals surface area contributed by atoms with Crippen molar-refractivity contribution in [2.24, 2.45) is 0 Å². The van der Waals surface area contributed by atoms with Crippen molar-refractivity contribution < 1.29 is 9.42 Å². The van der Waals surface area contributed by atoms with E-state index in [0.717, 1.165) is 0 Å². The summed E-state index contributed by atoms with van der Waals surface area (Å²) in [5, 5.41) is 11.1. The summed E-state index contributed by atoms with van der Waals surface area (Å²) in [5.74, 6) is 0. The highest BCUT2D eigenvalue weighted by Crippen LogP contribution is 1.90. The van der Waals surface area contributed by atoms with Crippen molar-refractivity contribution in [3.8, 4) is 0 Å². The van der Waals surface area contributed by atoms with Crippen LogP contribution in [0.4, 0.5) is 4.32 Å². The summed E-state index contributed by atoms with van der Waals surface area (Å²) in [4.78, 5) is 1.53. The van der Waals surface area contributed by atoms with Gasteiger partial charge in [0.25, 0.3) is 0 Å². The molecule has 0 atom stereocenters. The second-order valence-corrected chi connectivity index (χ2v) is 2.45. The predicted molar refractivity (Wildman–Crippen MR) is 44.9 cm³/mol. The molecule has 2 N–H and O–H groups in total. The molecule has 0 aliphatic heterocycles. The van der Waals surface area contributed by atoms with Crippen LogP contribution in [0.15, 0.2) is 0 Å². The number of rotatable bonds is 6. The van der Waals surface area contributed by atoms with Crippen molar-refractivity contribution in [2.75, 3.05) is 26.7 Å². The smallest absolute Gasteiger partial charge is 0.396 e. The lowest BCUT2D eigenvalue weighted by atomic mass is 10.0. The highest BCUT2D eigenvalue weighted by Gasteiger charge is 2.18. The first-order valence-corrected chi connectivity index (χ1v) is 3.91. The van der Waals surface area contributed by atoms with Crippen LogP contribution in [0, 0.1) is 0 Å². The van der Waals surface area contributed by atoms with E-state index in [-0.39, 0.29) is 6.61 Å². The molecule has 0 aliphatic rings. The Bertz CT molecular complexity index is 96.7. The number of hydrogen-bond acceptors (Lipinski definition) is 3. The molecule has 0 spiro atoms. The zero-order valence-corrected chi connectivity index (χ0v) is 7.18. The largest absolute Gasteiger partial charge is 0.517 e. The molecule has 0 aliphatic carbocycles. The Morgan fingerprint density at radius 3 is 2.73 bits per heavy atom. The standard InChI is InChI=1S/C6H16BFN2O/c1-3-9-7(8)10(2)5-4-6-11/h9,11H,3-6H2,1-2H3. The lowest BCUT2D eigenvalue weighted by Gasteiger charge is -2.17. The number of nitrogens with zero attached hydrogens (tertiary/aromatic N) is 1. The monoisotopic (exact) mass is 162 g/mol. The third-order valence-corrected chi connectivity index (χ3v) is 1.43. The minimum Gasteiger partial charge on any atom is -0.396 e. The van der Waals surface area contributed by atoms with Crippen molar-refractivity contribution in [2.45, 2.75) is 13.3 Å². The number of hydrogen-bond donors (Lipinski definition) is 2. The summed E-state index contributed by atoms with van der Waals surface area (Å²) < 4.78 is 12.9. The molecular weight excluding hydrogens is 146 g/mol. The zero-order chi connectivity index (χ0) is 8.69. The summed E-state index contributed by atoms with van der Waals surface area (Å²) in [6.45, 7) is 3.16. The Balaban J connectivity index is 3.38. The molecule has 0 saturated heterocycles. The molecule has 0 aromatic heterocycles. The predicted octanol–water partition coefficient (Wildman–Crippen LogP) is -0.135. The minimum absolute atomic E-state index is 0.114. The molecule has 0 aromatic carbocycles. The summed E-state index contributed by atoms with van der Waals surface area (Å²) in [7, 11) is 0.592. The third kappa shape index (κ3) is 5.18. The van der Waals surface area contributed by atoms with E-state index in [2.05, 4.69) is 5.23 Å². The Morgan fingerprint density at radius 1 is 1.64 bits per heavy atom. The first kappa shape index (κ1) is 10.9. The molecule has 0 fully saturated rings. The van der Waals surface area contributed by atoms with Gasteiger partial charge < -0.3 is 15.1 Å². The van der Waals surface area contributed by atoms with Crippen molar-refractivity contribution in [3.63, 3.8) is 0 Å². The molecule has 66 valence electrons. The van der Waals surface area contributed by atoms with E-state index in [9.17, 15) is 4.32 Å². The Hall–Kier alpha value is -0.125. The van der Waals surface area contributed by atoms with Gasteiger partial charge in [-0.05, 0) is 26.6 Å². The van der Waals surface area contributed by atoms with Gasteiger partial charge in [-0.1, -0.05) is 6.92 Å². The fourth-order valence-corrected chi connectivity index (χ4v) is 0.758. The zero-order valence-electron chi connectivity index (χ0n) is 7.18. The average molecular weight is 162 g/mol. The quantitative estimate of drug-likeness (QED) is 0.533. The summed E-state index contributed by atoms with van der Waals surface area (Å²) in [6, 6.07) is 0. The number of aliphatic hydroxyl groups is 1. The second-order valence-electron chi connectivity index (χ2n) is 2.45. The summed E-state index contributed by atoms with van der Waals surface area (Å²) in [6.07, 6.45) is 0.613. The molecule has 0 bridgehead atoms. The maximum absolute atomic E-state index is 12.9.